The Hall–Kier alpha value is -5.23. The van der Waals surface area contributed by atoms with E-state index in [0.717, 1.165) is 43.3 Å². The van der Waals surface area contributed by atoms with Crippen molar-refractivity contribution >= 4 is 97.1 Å². The van der Waals surface area contributed by atoms with E-state index in [0.29, 0.717) is 23.7 Å². The Morgan fingerprint density at radius 1 is 1.24 bits per heavy atom. The molecule has 4 aromatic heterocycles. The summed E-state index contributed by atoms with van der Waals surface area (Å²) in [6, 6.07) is 14.5. The lowest BCUT2D eigenvalue weighted by atomic mass is 10.0. The molecule has 1 aromatic carbocycles. The number of aliphatic carboxylic acids is 1. The highest BCUT2D eigenvalue weighted by atomic mass is 35.5. The molecular formula is C33H28ClN9O5S3. The lowest BCUT2D eigenvalue weighted by Crippen LogP contribution is -2.71. The monoisotopic (exact) mass is 761 g/mol. The average Bonchev–Trinajstić information content (AvgIpc) is 3.84. The molecule has 7 rings (SSSR count). The third-order valence-corrected chi connectivity index (χ3v) is 11.5. The van der Waals surface area contributed by atoms with Crippen molar-refractivity contribution in [3.8, 4) is 0 Å². The van der Waals surface area contributed by atoms with E-state index in [9.17, 15) is 19.5 Å². The number of anilines is 1. The van der Waals surface area contributed by atoms with Crippen LogP contribution in [-0.2, 0) is 32.3 Å². The van der Waals surface area contributed by atoms with Crippen molar-refractivity contribution in [2.75, 3.05) is 18.6 Å². The number of thiophene rings is 1. The zero-order valence-electron chi connectivity index (χ0n) is 26.7. The fourth-order valence-electron chi connectivity index (χ4n) is 5.87. The van der Waals surface area contributed by atoms with Gasteiger partial charge in [-0.2, -0.15) is 0 Å². The number of hydrogen-bond donors (Lipinski definition) is 3. The van der Waals surface area contributed by atoms with Crippen LogP contribution in [0.5, 0.6) is 0 Å². The number of thioether (sulfide) groups is 1. The number of fused-ring (bicyclic) bond motifs is 2. The minimum Gasteiger partial charge on any atom is -0.543 e. The fourth-order valence-corrected chi connectivity index (χ4v) is 9.01. The Balaban J connectivity index is 1.05. The standard InChI is InChI=1S/C33H28ClN9O5S3/c1-48-40-24(23-27(34)51-33(36)39-23)29(44)38-25-30(45)43-26(32(46)47)19(16-50-31(25)43)13-41-9-8-22-17(12-41)7-10-42(22)14-21-11-18(15-49-21)28(35)37-20-5-3-2-4-6-20/h2-12,15,25,31H,13-14,16H2,1H3,(H5-,35,36,37,38,39,44,46,47)/t25-,31-/m1/s1. The van der Waals surface area contributed by atoms with Crippen molar-refractivity contribution in [1.82, 2.24) is 19.8 Å². The summed E-state index contributed by atoms with van der Waals surface area (Å²) in [7, 11) is 1.25. The lowest BCUT2D eigenvalue weighted by Gasteiger charge is -2.50. The smallest absolute Gasteiger partial charge is 0.276 e. The number of carboxylic acids is 1. The number of carbonyl (C=O) groups is 3. The molecular weight excluding hydrogens is 734 g/mol. The molecule has 1 saturated heterocycles. The Bertz CT molecular complexity index is 2280. The number of nitrogens with one attached hydrogen (secondary N) is 1. The highest BCUT2D eigenvalue weighted by Crippen LogP contribution is 2.40. The first-order valence-corrected chi connectivity index (χ1v) is 18.4. The molecule has 0 unspecified atom stereocenters. The van der Waals surface area contributed by atoms with Crippen molar-refractivity contribution in [2.45, 2.75) is 24.5 Å². The number of nitrogens with zero attached hydrogens (tertiary/aromatic N) is 6. The second-order valence-electron chi connectivity index (χ2n) is 11.4. The number of benzene rings is 1. The molecule has 0 spiro atoms. The van der Waals surface area contributed by atoms with Crippen LogP contribution in [0.4, 0.5) is 10.8 Å². The number of amidine groups is 1. The van der Waals surface area contributed by atoms with E-state index in [1.807, 2.05) is 77.1 Å². The summed E-state index contributed by atoms with van der Waals surface area (Å²) in [6.45, 7) is 0.848. The molecule has 0 bridgehead atoms. The van der Waals surface area contributed by atoms with Crippen LogP contribution in [0.2, 0.25) is 4.34 Å². The van der Waals surface area contributed by atoms with Crippen LogP contribution in [-0.4, -0.2) is 68.1 Å². The second kappa shape index (κ2) is 14.2. The van der Waals surface area contributed by atoms with Crippen LogP contribution in [0.25, 0.3) is 10.9 Å². The Morgan fingerprint density at radius 3 is 2.76 bits per heavy atom. The topological polar surface area (TPSA) is 197 Å². The largest absolute Gasteiger partial charge is 0.543 e. The number of nitrogen functional groups attached to an aromatic ring is 1. The molecule has 0 aliphatic carbocycles. The number of amides is 2. The maximum atomic E-state index is 13.3. The van der Waals surface area contributed by atoms with Gasteiger partial charge < -0.3 is 36.1 Å². The van der Waals surface area contributed by atoms with Crippen molar-refractivity contribution in [3.05, 3.63) is 104 Å². The highest BCUT2D eigenvalue weighted by Gasteiger charge is 2.53. The van der Waals surface area contributed by atoms with E-state index < -0.39 is 29.2 Å². The molecule has 0 saturated carbocycles. The van der Waals surface area contributed by atoms with Gasteiger partial charge >= 0.3 is 0 Å². The normalized spacial score (nSPS) is 17.8. The van der Waals surface area contributed by atoms with Crippen molar-refractivity contribution in [2.24, 2.45) is 15.9 Å². The van der Waals surface area contributed by atoms with Crippen LogP contribution in [0.3, 0.4) is 0 Å². The molecule has 2 aliphatic heterocycles. The van der Waals surface area contributed by atoms with E-state index in [-0.39, 0.29) is 33.1 Å². The zero-order chi connectivity index (χ0) is 35.8. The summed E-state index contributed by atoms with van der Waals surface area (Å²) < 4.78 is 4.12. The molecule has 6 heterocycles. The molecule has 0 radical (unpaired) electrons. The van der Waals surface area contributed by atoms with Crippen molar-refractivity contribution in [3.63, 3.8) is 0 Å². The van der Waals surface area contributed by atoms with E-state index in [4.69, 9.17) is 27.9 Å². The first kappa shape index (κ1) is 34.2. The van der Waals surface area contributed by atoms with Gasteiger partial charge in [-0.05, 0) is 24.3 Å². The number of pyridine rings is 1. The predicted octanol–water partition coefficient (Wildman–Crippen LogP) is 2.22. The van der Waals surface area contributed by atoms with Crippen LogP contribution >= 0.6 is 46.0 Å². The van der Waals surface area contributed by atoms with Gasteiger partial charge in [0.25, 0.3) is 11.8 Å². The maximum Gasteiger partial charge on any atom is 0.276 e. The Kier molecular flexibility index (Phi) is 9.52. The lowest BCUT2D eigenvalue weighted by molar-refractivity contribution is -0.687. The number of rotatable bonds is 11. The van der Waals surface area contributed by atoms with E-state index in [2.05, 4.69) is 25.0 Å². The minimum atomic E-state index is -1.47. The molecule has 1 fully saturated rings. The predicted molar refractivity (Wildman–Crippen MR) is 195 cm³/mol. The van der Waals surface area contributed by atoms with Gasteiger partial charge in [-0.25, -0.2) is 14.5 Å². The summed E-state index contributed by atoms with van der Waals surface area (Å²) in [5, 5.41) is 21.1. The number of carboxylic acid groups (broad SMARTS) is 1. The van der Waals surface area contributed by atoms with Gasteiger partial charge in [0.1, 0.15) is 34.4 Å². The van der Waals surface area contributed by atoms with Gasteiger partial charge in [-0.15, -0.1) is 23.1 Å². The number of oxime groups is 1. The molecule has 14 nitrogen and oxygen atoms in total. The molecule has 18 heteroatoms. The van der Waals surface area contributed by atoms with E-state index in [1.165, 1.54) is 18.9 Å². The van der Waals surface area contributed by atoms with Gasteiger partial charge in [0, 0.05) is 39.4 Å². The number of hydrogen-bond acceptors (Lipinski definition) is 12. The fraction of sp³-hybridized carbons (Fsp3) is 0.182. The number of nitrogens with two attached hydrogens (primary N) is 2. The van der Waals surface area contributed by atoms with Crippen LogP contribution < -0.4 is 26.5 Å². The number of carbonyl (C=O) groups excluding carboxylic acids is 3. The molecule has 2 amide bonds. The number of aromatic nitrogens is 3. The number of aliphatic imine (C=N–C) groups is 1. The summed E-state index contributed by atoms with van der Waals surface area (Å²) in [4.78, 5) is 54.5. The number of halogens is 1. The van der Waals surface area contributed by atoms with Gasteiger partial charge in [0.15, 0.2) is 29.8 Å². The SMILES string of the molecule is CON=C(C(=O)N[C@@H]1C(=O)N2C(C(=O)[O-])=C(C[n+]3ccc4c(ccn4Cc4cc(C(N)=Nc5ccccc5)cs4)c3)CS[C@H]12)c1nc(N)sc1Cl. The Morgan fingerprint density at radius 2 is 2.04 bits per heavy atom. The van der Waals surface area contributed by atoms with Crippen LogP contribution in [0, 0.1) is 0 Å². The van der Waals surface area contributed by atoms with Gasteiger partial charge in [0.05, 0.1) is 34.8 Å². The molecule has 2 atom stereocenters. The van der Waals surface area contributed by atoms with Crippen molar-refractivity contribution < 1.29 is 28.9 Å². The highest BCUT2D eigenvalue weighted by molar-refractivity contribution is 8.00. The third-order valence-electron chi connectivity index (χ3n) is 8.17. The number of thiazole rings is 1. The molecule has 5 N–H and O–H groups in total. The Labute approximate surface area is 307 Å². The molecule has 51 heavy (non-hydrogen) atoms. The summed E-state index contributed by atoms with van der Waals surface area (Å²) in [5.74, 6) is -2.10. The molecule has 2 aliphatic rings. The number of para-hydroxylation sites is 1. The van der Waals surface area contributed by atoms with Gasteiger partial charge in [0.2, 0.25) is 0 Å². The maximum absolute atomic E-state index is 13.3. The quantitative estimate of drug-likeness (QED) is 0.0594. The van der Waals surface area contributed by atoms with E-state index >= 15 is 0 Å². The van der Waals surface area contributed by atoms with Crippen LogP contribution in [0.15, 0.2) is 93.9 Å². The third kappa shape index (κ3) is 6.80. The summed E-state index contributed by atoms with van der Waals surface area (Å²) >= 11 is 10.1. The van der Waals surface area contributed by atoms with E-state index in [1.54, 1.807) is 11.3 Å². The van der Waals surface area contributed by atoms with Crippen molar-refractivity contribution in [1.29, 1.82) is 0 Å². The van der Waals surface area contributed by atoms with Gasteiger partial charge in [-0.3, -0.25) is 14.5 Å². The second-order valence-corrected chi connectivity index (χ2v) is 15.2. The zero-order valence-corrected chi connectivity index (χ0v) is 29.9. The van der Waals surface area contributed by atoms with Gasteiger partial charge in [-0.1, -0.05) is 46.3 Å². The molecule has 5 aromatic rings. The summed E-state index contributed by atoms with van der Waals surface area (Å²) in [6.07, 6.45) is 5.80. The average molecular weight is 762 g/mol. The number of β-lactam (4-membered cyclic amide) rings is 1. The first-order chi connectivity index (χ1) is 24.6. The first-order valence-electron chi connectivity index (χ1n) is 15.3. The van der Waals surface area contributed by atoms with Crippen LogP contribution in [0.1, 0.15) is 16.1 Å². The minimum absolute atomic E-state index is 0.00994. The summed E-state index contributed by atoms with van der Waals surface area (Å²) in [5.41, 5.74) is 14.7. The molecule has 260 valence electrons.